The number of hydrogen-bond acceptors (Lipinski definition) is 6. The molecule has 1 amide bonds. The maximum Gasteiger partial charge on any atom is 0.310 e. The number of hydrogen-bond donors (Lipinski definition) is 1. The Balaban J connectivity index is 1.54. The monoisotopic (exact) mass is 522 g/mol. The van der Waals surface area contributed by atoms with E-state index in [9.17, 15) is 9.59 Å². The molecule has 2 aromatic carbocycles. The summed E-state index contributed by atoms with van der Waals surface area (Å²) in [6, 6.07) is 14.9. The van der Waals surface area contributed by atoms with E-state index in [1.54, 1.807) is 0 Å². The number of carbonyl (C=O) groups excluding carboxylic acids is 2. The molecule has 2 aliphatic heterocycles. The second-order valence-corrected chi connectivity index (χ2v) is 10.3. The van der Waals surface area contributed by atoms with Crippen molar-refractivity contribution in [2.45, 2.75) is 76.9 Å². The molecule has 0 bridgehead atoms. The van der Waals surface area contributed by atoms with Crippen LogP contribution in [0.15, 0.2) is 48.5 Å². The van der Waals surface area contributed by atoms with Crippen LogP contribution in [0.2, 0.25) is 0 Å². The van der Waals surface area contributed by atoms with Crippen molar-refractivity contribution in [3.8, 4) is 11.5 Å². The summed E-state index contributed by atoms with van der Waals surface area (Å²) in [6.45, 7) is 5.76. The van der Waals surface area contributed by atoms with E-state index in [0.29, 0.717) is 37.7 Å². The molecule has 2 aromatic rings. The van der Waals surface area contributed by atoms with Crippen LogP contribution in [0.25, 0.3) is 0 Å². The Morgan fingerprint density at radius 2 is 1.68 bits per heavy atom. The number of benzene rings is 2. The number of likely N-dealkylation sites (tertiary alicyclic amines) is 1. The highest BCUT2D eigenvalue weighted by Crippen LogP contribution is 2.35. The fourth-order valence-corrected chi connectivity index (χ4v) is 5.19. The average Bonchev–Trinajstić information content (AvgIpc) is 3.45. The zero-order chi connectivity index (χ0) is 26.6. The highest BCUT2D eigenvalue weighted by molar-refractivity contribution is 5.76. The van der Waals surface area contributed by atoms with Gasteiger partial charge in [0.2, 0.25) is 5.91 Å². The molecule has 1 fully saturated rings. The first-order valence-electron chi connectivity index (χ1n) is 14.3. The van der Waals surface area contributed by atoms with Gasteiger partial charge in [-0.1, -0.05) is 69.0 Å². The van der Waals surface area contributed by atoms with Crippen LogP contribution < -0.4 is 14.8 Å². The molecule has 0 aliphatic carbocycles. The lowest BCUT2D eigenvalue weighted by molar-refractivity contribution is -0.151. The zero-order valence-electron chi connectivity index (χ0n) is 22.7. The Labute approximate surface area is 226 Å². The topological polar surface area (TPSA) is 77.1 Å². The van der Waals surface area contributed by atoms with Crippen molar-refractivity contribution in [3.63, 3.8) is 0 Å². The minimum absolute atomic E-state index is 0.00680. The lowest BCUT2D eigenvalue weighted by atomic mass is 9.99. The number of carbonyl (C=O) groups is 2. The third kappa shape index (κ3) is 8.48. The summed E-state index contributed by atoms with van der Waals surface area (Å²) >= 11 is 0. The predicted molar refractivity (Wildman–Crippen MR) is 147 cm³/mol. The van der Waals surface area contributed by atoms with E-state index < -0.39 is 6.10 Å². The summed E-state index contributed by atoms with van der Waals surface area (Å²) in [5.74, 6) is 1.00. The second kappa shape index (κ2) is 14.8. The van der Waals surface area contributed by atoms with Crippen molar-refractivity contribution < 1.29 is 23.8 Å². The quantitative estimate of drug-likeness (QED) is 0.271. The van der Waals surface area contributed by atoms with E-state index in [4.69, 9.17) is 14.2 Å². The van der Waals surface area contributed by atoms with Crippen molar-refractivity contribution in [1.29, 1.82) is 0 Å². The Kier molecular flexibility index (Phi) is 10.9. The lowest BCUT2D eigenvalue weighted by Crippen LogP contribution is -2.47. The summed E-state index contributed by atoms with van der Waals surface area (Å²) in [7, 11) is 0. The molecular formula is C31H42N2O5. The molecular weight excluding hydrogens is 480 g/mol. The molecule has 206 valence electrons. The smallest absolute Gasteiger partial charge is 0.310 e. The number of nitrogens with one attached hydrogen (secondary N) is 1. The first-order chi connectivity index (χ1) is 18.6. The van der Waals surface area contributed by atoms with Gasteiger partial charge in [0.15, 0.2) is 11.5 Å². The fourth-order valence-electron chi connectivity index (χ4n) is 5.19. The highest BCUT2D eigenvalue weighted by atomic mass is 16.6. The number of rotatable bonds is 14. The van der Waals surface area contributed by atoms with Crippen LogP contribution in [0.3, 0.4) is 0 Å². The number of esters is 1. The van der Waals surface area contributed by atoms with E-state index in [0.717, 1.165) is 56.3 Å². The normalized spacial score (nSPS) is 16.6. The average molecular weight is 523 g/mol. The molecule has 4 rings (SSSR count). The predicted octanol–water partition coefficient (Wildman–Crippen LogP) is 5.23. The second-order valence-electron chi connectivity index (χ2n) is 10.3. The van der Waals surface area contributed by atoms with Gasteiger partial charge in [-0.05, 0) is 55.6 Å². The maximum atomic E-state index is 13.2. The molecule has 0 saturated carbocycles. The summed E-state index contributed by atoms with van der Waals surface area (Å²) < 4.78 is 17.7. The van der Waals surface area contributed by atoms with Crippen LogP contribution in [0, 0.1) is 0 Å². The largest absolute Gasteiger partial charge is 0.486 e. The SMILES string of the molecule is CCCCCCCC(=O)N[C@H](CN1CCCC1)[C@H](OC(=O)Cc1ccccc1)c1ccc2c(c1)OCCO2. The zero-order valence-corrected chi connectivity index (χ0v) is 22.7. The van der Waals surface area contributed by atoms with Crippen LogP contribution in [0.1, 0.15) is 75.5 Å². The van der Waals surface area contributed by atoms with Gasteiger partial charge in [0.25, 0.3) is 0 Å². The molecule has 0 radical (unpaired) electrons. The number of fused-ring (bicyclic) bond motifs is 1. The van der Waals surface area contributed by atoms with E-state index in [-0.39, 0.29) is 24.3 Å². The van der Waals surface area contributed by atoms with Crippen LogP contribution in [-0.2, 0) is 20.7 Å². The van der Waals surface area contributed by atoms with Crippen LogP contribution in [0.4, 0.5) is 0 Å². The minimum atomic E-state index is -0.647. The van der Waals surface area contributed by atoms with Gasteiger partial charge in [-0.15, -0.1) is 0 Å². The Hall–Kier alpha value is -3.06. The maximum absolute atomic E-state index is 13.2. The Morgan fingerprint density at radius 3 is 2.45 bits per heavy atom. The van der Waals surface area contributed by atoms with E-state index >= 15 is 0 Å². The van der Waals surface area contributed by atoms with E-state index in [2.05, 4.69) is 17.1 Å². The van der Waals surface area contributed by atoms with Crippen molar-refractivity contribution in [1.82, 2.24) is 10.2 Å². The number of nitrogens with zero attached hydrogens (tertiary/aromatic N) is 1. The molecule has 0 aromatic heterocycles. The fraction of sp³-hybridized carbons (Fsp3) is 0.548. The molecule has 7 nitrogen and oxygen atoms in total. The van der Waals surface area contributed by atoms with Gasteiger partial charge < -0.3 is 24.4 Å². The first-order valence-corrected chi connectivity index (χ1v) is 14.3. The molecule has 0 unspecified atom stereocenters. The molecule has 7 heteroatoms. The van der Waals surface area contributed by atoms with E-state index in [1.165, 1.54) is 12.8 Å². The number of amides is 1. The molecule has 2 aliphatic rings. The Bertz CT molecular complexity index is 1020. The summed E-state index contributed by atoms with van der Waals surface area (Å²) in [5.41, 5.74) is 1.69. The minimum Gasteiger partial charge on any atom is -0.486 e. The highest BCUT2D eigenvalue weighted by Gasteiger charge is 2.32. The van der Waals surface area contributed by atoms with Crippen molar-refractivity contribution in [2.75, 3.05) is 32.8 Å². The third-order valence-corrected chi connectivity index (χ3v) is 7.22. The molecule has 1 saturated heterocycles. The van der Waals surface area contributed by atoms with Crippen molar-refractivity contribution in [2.24, 2.45) is 0 Å². The van der Waals surface area contributed by atoms with Crippen molar-refractivity contribution >= 4 is 11.9 Å². The molecule has 0 spiro atoms. The summed E-state index contributed by atoms with van der Waals surface area (Å²) in [4.78, 5) is 28.6. The van der Waals surface area contributed by atoms with Gasteiger partial charge in [0.05, 0.1) is 12.5 Å². The third-order valence-electron chi connectivity index (χ3n) is 7.22. The molecule has 2 atom stereocenters. The van der Waals surface area contributed by atoms with Crippen LogP contribution in [0.5, 0.6) is 11.5 Å². The lowest BCUT2D eigenvalue weighted by Gasteiger charge is -2.32. The van der Waals surface area contributed by atoms with Crippen LogP contribution in [-0.4, -0.2) is 55.7 Å². The summed E-state index contributed by atoms with van der Waals surface area (Å²) in [6.07, 6.45) is 7.72. The Morgan fingerprint density at radius 1 is 0.947 bits per heavy atom. The van der Waals surface area contributed by atoms with Gasteiger partial charge in [0, 0.05) is 13.0 Å². The number of unbranched alkanes of at least 4 members (excludes halogenated alkanes) is 4. The first kappa shape index (κ1) is 28.0. The molecule has 38 heavy (non-hydrogen) atoms. The number of ether oxygens (including phenoxy) is 3. The van der Waals surface area contributed by atoms with Crippen molar-refractivity contribution in [3.05, 3.63) is 59.7 Å². The molecule has 1 N–H and O–H groups in total. The van der Waals surface area contributed by atoms with Gasteiger partial charge in [-0.25, -0.2) is 0 Å². The van der Waals surface area contributed by atoms with Gasteiger partial charge in [-0.2, -0.15) is 0 Å². The van der Waals surface area contributed by atoms with Gasteiger partial charge in [-0.3, -0.25) is 9.59 Å². The van der Waals surface area contributed by atoms with Gasteiger partial charge >= 0.3 is 5.97 Å². The standard InChI is InChI=1S/C31H42N2O5/c1-2-3-4-5-9-14-29(34)32-26(23-33-17-10-11-18-33)31(38-30(35)21-24-12-7-6-8-13-24)25-15-16-27-28(22-25)37-20-19-36-27/h6-8,12-13,15-16,22,26,31H,2-5,9-11,14,17-21,23H2,1H3,(H,32,34)/t26-,31-/m1/s1. The molecule has 2 heterocycles. The van der Waals surface area contributed by atoms with Crippen LogP contribution >= 0.6 is 0 Å². The van der Waals surface area contributed by atoms with Gasteiger partial charge in [0.1, 0.15) is 19.3 Å². The van der Waals surface area contributed by atoms with E-state index in [1.807, 2.05) is 48.5 Å². The summed E-state index contributed by atoms with van der Waals surface area (Å²) in [5, 5.41) is 3.25.